The van der Waals surface area contributed by atoms with Crippen LogP contribution in [0.15, 0.2) is 59.0 Å². The molecule has 1 N–H and O–H groups in total. The summed E-state index contributed by atoms with van der Waals surface area (Å²) in [5.74, 6) is 1.04. The molecule has 0 saturated heterocycles. The highest BCUT2D eigenvalue weighted by molar-refractivity contribution is 5.97. The maximum atomic E-state index is 12.0. The lowest BCUT2D eigenvalue weighted by Gasteiger charge is -2.07. The molecule has 0 atom stereocenters. The summed E-state index contributed by atoms with van der Waals surface area (Å²) in [5, 5.41) is 3.35. The maximum Gasteiger partial charge on any atom is 0.337 e. The number of carbonyl (C=O) groups excluding carboxylic acids is 2. The normalized spacial score (nSPS) is 10.5. The van der Waals surface area contributed by atoms with Crippen LogP contribution in [0.3, 0.4) is 0 Å². The van der Waals surface area contributed by atoms with Gasteiger partial charge in [-0.15, -0.1) is 0 Å². The lowest BCUT2D eigenvalue weighted by Crippen LogP contribution is -2.16. The Hall–Kier alpha value is -3.58. The molecule has 3 rings (SSSR count). The molecule has 0 aliphatic heterocycles. The molecule has 7 nitrogen and oxygen atoms in total. The Balaban J connectivity index is 1.65. The van der Waals surface area contributed by atoms with E-state index < -0.39 is 11.9 Å². The van der Waals surface area contributed by atoms with Crippen molar-refractivity contribution in [3.8, 4) is 17.1 Å². The first-order valence-corrected chi connectivity index (χ1v) is 9.78. The second-order valence-corrected chi connectivity index (χ2v) is 6.82. The van der Waals surface area contributed by atoms with Crippen molar-refractivity contribution < 1.29 is 28.2 Å². The summed E-state index contributed by atoms with van der Waals surface area (Å²) in [5.41, 5.74) is 2.29. The van der Waals surface area contributed by atoms with Crippen LogP contribution >= 0.6 is 0 Å². The molecule has 0 spiro atoms. The van der Waals surface area contributed by atoms with E-state index in [1.165, 1.54) is 25.8 Å². The molecule has 0 aliphatic carbocycles. The molecule has 31 heavy (non-hydrogen) atoms. The summed E-state index contributed by atoms with van der Waals surface area (Å²) in [6.07, 6.45) is 0.876. The van der Waals surface area contributed by atoms with E-state index in [2.05, 4.69) is 5.32 Å². The Morgan fingerprint density at radius 3 is 2.10 bits per heavy atom. The fraction of sp³-hybridized carbons (Fsp3) is 0.250. The monoisotopic (exact) mass is 423 g/mol. The minimum absolute atomic E-state index is 0.246. The zero-order valence-electron chi connectivity index (χ0n) is 17.8. The predicted octanol–water partition coefficient (Wildman–Crippen LogP) is 3.86. The summed E-state index contributed by atoms with van der Waals surface area (Å²) in [6.45, 7) is 1.34. The Kier molecular flexibility index (Phi) is 7.45. The molecule has 0 unspecified atom stereocenters. The van der Waals surface area contributed by atoms with Crippen LogP contribution < -0.4 is 10.1 Å². The number of rotatable bonds is 9. The topological polar surface area (TPSA) is 87.0 Å². The lowest BCUT2D eigenvalue weighted by atomic mass is 10.0. The lowest BCUT2D eigenvalue weighted by molar-refractivity contribution is 0.0599. The van der Waals surface area contributed by atoms with E-state index in [1.54, 1.807) is 25.3 Å². The van der Waals surface area contributed by atoms with Crippen molar-refractivity contribution in [1.82, 2.24) is 5.32 Å². The van der Waals surface area contributed by atoms with E-state index in [4.69, 9.17) is 18.6 Å². The summed E-state index contributed by atoms with van der Waals surface area (Å²) >= 11 is 0. The smallest absolute Gasteiger partial charge is 0.337 e. The van der Waals surface area contributed by atoms with Crippen molar-refractivity contribution in [2.45, 2.75) is 13.0 Å². The highest BCUT2D eigenvalue weighted by atomic mass is 16.5. The number of ether oxygens (including phenoxy) is 3. The van der Waals surface area contributed by atoms with Crippen LogP contribution in [-0.2, 0) is 22.4 Å². The number of nitrogens with one attached hydrogen (secondary N) is 1. The van der Waals surface area contributed by atoms with E-state index >= 15 is 0 Å². The largest absolute Gasteiger partial charge is 0.497 e. The minimum atomic E-state index is -0.543. The van der Waals surface area contributed by atoms with Gasteiger partial charge < -0.3 is 23.9 Å². The van der Waals surface area contributed by atoms with E-state index in [0.29, 0.717) is 17.9 Å². The summed E-state index contributed by atoms with van der Waals surface area (Å²) < 4.78 is 20.6. The molecule has 3 aromatic rings. The fourth-order valence-electron chi connectivity index (χ4n) is 3.11. The minimum Gasteiger partial charge on any atom is -0.497 e. The van der Waals surface area contributed by atoms with E-state index in [-0.39, 0.29) is 11.1 Å². The van der Waals surface area contributed by atoms with Crippen LogP contribution in [0.2, 0.25) is 0 Å². The zero-order chi connectivity index (χ0) is 22.2. The fourth-order valence-corrected chi connectivity index (χ4v) is 3.11. The van der Waals surface area contributed by atoms with Gasteiger partial charge in [-0.05, 0) is 61.0 Å². The third-order valence-corrected chi connectivity index (χ3v) is 4.77. The van der Waals surface area contributed by atoms with Gasteiger partial charge in [0.15, 0.2) is 0 Å². The molecule has 162 valence electrons. The number of furan rings is 1. The molecule has 0 radical (unpaired) electrons. The van der Waals surface area contributed by atoms with E-state index in [0.717, 1.165) is 24.5 Å². The summed E-state index contributed by atoms with van der Waals surface area (Å²) in [6, 6.07) is 16.3. The highest BCUT2D eigenvalue weighted by Gasteiger charge is 2.16. The van der Waals surface area contributed by atoms with Gasteiger partial charge in [0.1, 0.15) is 17.3 Å². The summed E-state index contributed by atoms with van der Waals surface area (Å²) in [4.78, 5) is 23.9. The van der Waals surface area contributed by atoms with Crippen LogP contribution in [0.1, 0.15) is 32.0 Å². The van der Waals surface area contributed by atoms with Crippen molar-refractivity contribution >= 4 is 11.9 Å². The van der Waals surface area contributed by atoms with Crippen LogP contribution in [0, 0.1) is 0 Å². The maximum absolute atomic E-state index is 12.0. The number of esters is 2. The Morgan fingerprint density at radius 2 is 1.52 bits per heavy atom. The molecule has 2 aromatic carbocycles. The molecule has 0 aliphatic rings. The first-order chi connectivity index (χ1) is 15.0. The van der Waals surface area contributed by atoms with Gasteiger partial charge >= 0.3 is 11.9 Å². The van der Waals surface area contributed by atoms with Gasteiger partial charge in [0, 0.05) is 5.56 Å². The van der Waals surface area contributed by atoms with Crippen LogP contribution in [0.5, 0.6) is 5.75 Å². The molecular weight excluding hydrogens is 398 g/mol. The first-order valence-electron chi connectivity index (χ1n) is 9.78. The number of carbonyl (C=O) groups is 2. The van der Waals surface area contributed by atoms with Crippen molar-refractivity contribution in [3.05, 3.63) is 77.0 Å². The standard InChI is InChI=1S/C24H25NO6/c1-28-20-6-4-16(5-7-20)10-11-25-15-21-8-9-22(31-21)17-12-18(23(26)29-2)14-19(13-17)24(27)30-3/h4-9,12-14,25H,10-11,15H2,1-3H3. The van der Waals surface area contributed by atoms with Crippen molar-refractivity contribution in [2.24, 2.45) is 0 Å². The molecule has 1 heterocycles. The summed E-state index contributed by atoms with van der Waals surface area (Å²) in [7, 11) is 4.22. The van der Waals surface area contributed by atoms with Crippen LogP contribution in [0.25, 0.3) is 11.3 Å². The molecule has 1 aromatic heterocycles. The average molecular weight is 423 g/mol. The third kappa shape index (κ3) is 5.73. The Labute approximate surface area is 180 Å². The van der Waals surface area contributed by atoms with E-state index in [9.17, 15) is 9.59 Å². The van der Waals surface area contributed by atoms with Gasteiger partial charge in [-0.25, -0.2) is 9.59 Å². The van der Waals surface area contributed by atoms with Crippen molar-refractivity contribution in [3.63, 3.8) is 0 Å². The molecule has 7 heteroatoms. The second-order valence-electron chi connectivity index (χ2n) is 6.82. The molecule has 0 saturated carbocycles. The zero-order valence-corrected chi connectivity index (χ0v) is 17.8. The van der Waals surface area contributed by atoms with Crippen LogP contribution in [0.4, 0.5) is 0 Å². The van der Waals surface area contributed by atoms with Gasteiger partial charge in [-0.2, -0.15) is 0 Å². The molecule has 0 amide bonds. The van der Waals surface area contributed by atoms with Gasteiger partial charge in [0.2, 0.25) is 0 Å². The SMILES string of the molecule is COC(=O)c1cc(C(=O)OC)cc(-c2ccc(CNCCc3ccc(OC)cc3)o2)c1. The van der Waals surface area contributed by atoms with Gasteiger partial charge in [0.25, 0.3) is 0 Å². The number of hydrogen-bond donors (Lipinski definition) is 1. The highest BCUT2D eigenvalue weighted by Crippen LogP contribution is 2.26. The average Bonchev–Trinajstić information content (AvgIpc) is 3.30. The second kappa shape index (κ2) is 10.4. The van der Waals surface area contributed by atoms with Crippen LogP contribution in [-0.4, -0.2) is 39.8 Å². The van der Waals surface area contributed by atoms with E-state index in [1.807, 2.05) is 30.3 Å². The van der Waals surface area contributed by atoms with Crippen molar-refractivity contribution in [2.75, 3.05) is 27.9 Å². The van der Waals surface area contributed by atoms with Gasteiger partial charge in [-0.3, -0.25) is 0 Å². The molecular formula is C24H25NO6. The Bertz CT molecular complexity index is 1000. The molecule has 0 fully saturated rings. The first kappa shape index (κ1) is 22.1. The quantitative estimate of drug-likeness (QED) is 0.413. The van der Waals surface area contributed by atoms with Crippen molar-refractivity contribution in [1.29, 1.82) is 0 Å². The number of benzene rings is 2. The predicted molar refractivity (Wildman–Crippen MR) is 115 cm³/mol. The molecule has 0 bridgehead atoms. The number of methoxy groups -OCH3 is 3. The van der Waals surface area contributed by atoms with Gasteiger partial charge in [-0.1, -0.05) is 12.1 Å². The third-order valence-electron chi connectivity index (χ3n) is 4.77. The van der Waals surface area contributed by atoms with Gasteiger partial charge in [0.05, 0.1) is 39.0 Å². The Morgan fingerprint density at radius 1 is 0.871 bits per heavy atom. The number of hydrogen-bond acceptors (Lipinski definition) is 7.